The van der Waals surface area contributed by atoms with E-state index in [1.165, 1.54) is 0 Å². The highest BCUT2D eigenvalue weighted by atomic mass is 16.4. The number of carboxylic acids is 1. The van der Waals surface area contributed by atoms with E-state index in [4.69, 9.17) is 44.6 Å². The number of nitrogens with one attached hydrogen (secondary N) is 11. The van der Waals surface area contributed by atoms with Gasteiger partial charge in [0.05, 0.1) is 6.54 Å². The quantitative estimate of drug-likeness (QED) is 0.0402. The van der Waals surface area contributed by atoms with Crippen LogP contribution in [0.2, 0.25) is 0 Å². The monoisotopic (exact) mass is 626 g/mol. The van der Waals surface area contributed by atoms with Crippen molar-refractivity contribution >= 4 is 29.8 Å². The summed E-state index contributed by atoms with van der Waals surface area (Å²) in [4.78, 5) is 14.1. The molecule has 0 spiro atoms. The van der Waals surface area contributed by atoms with Crippen molar-refractivity contribution in [1.29, 1.82) is 21.6 Å². The van der Waals surface area contributed by atoms with E-state index in [0.717, 1.165) is 38.5 Å². The first-order chi connectivity index (χ1) is 21.0. The molecule has 0 aromatic carbocycles. The Morgan fingerprint density at radius 2 is 1.00 bits per heavy atom. The number of nitrogens with zero attached hydrogens (tertiary/aromatic N) is 1. The van der Waals surface area contributed by atoms with Gasteiger partial charge in [-0.05, 0) is 51.4 Å². The van der Waals surface area contributed by atoms with Gasteiger partial charge in [0.25, 0.3) is 0 Å². The lowest BCUT2D eigenvalue weighted by Gasteiger charge is -2.37. The molecule has 0 radical (unpaired) electrons. The number of carbonyl (C=O) groups is 1. The molecule has 44 heavy (non-hydrogen) atoms. The lowest BCUT2D eigenvalue weighted by Crippen LogP contribution is -2.56. The maximum absolute atomic E-state index is 12.0. The molecule has 254 valence electrons. The predicted molar refractivity (Wildman–Crippen MR) is 175 cm³/mol. The summed E-state index contributed by atoms with van der Waals surface area (Å²) >= 11 is 0. The number of nitrogens with two attached hydrogens (primary N) is 4. The van der Waals surface area contributed by atoms with E-state index < -0.39 is 5.97 Å². The van der Waals surface area contributed by atoms with Gasteiger partial charge in [-0.25, -0.2) is 0 Å². The number of aliphatic carboxylic acids is 1. The van der Waals surface area contributed by atoms with Crippen LogP contribution in [-0.4, -0.2) is 123 Å². The normalized spacial score (nSPS) is 21.6. The highest BCUT2D eigenvalue weighted by Gasteiger charge is 2.26. The molecule has 1 heterocycles. The Labute approximate surface area is 261 Å². The van der Waals surface area contributed by atoms with Crippen LogP contribution in [0.5, 0.6) is 0 Å². The molecule has 4 atom stereocenters. The Balaban J connectivity index is 3.15. The molecule has 0 aromatic rings. The number of hydrogen-bond acceptors (Lipinski definition) is 9. The summed E-state index contributed by atoms with van der Waals surface area (Å²) in [5, 5.41) is 62.1. The van der Waals surface area contributed by atoms with Gasteiger partial charge in [0.2, 0.25) is 0 Å². The fourth-order valence-corrected chi connectivity index (χ4v) is 5.22. The molecule has 18 nitrogen and oxygen atoms in total. The van der Waals surface area contributed by atoms with Crippen LogP contribution in [0.1, 0.15) is 51.4 Å². The van der Waals surface area contributed by atoms with Crippen molar-refractivity contribution in [2.45, 2.75) is 75.5 Å². The SMILES string of the molecule is N=C(N)NCCC[C@H]1CN[C@@H](CCCNC(=N)N)CN(CC(=O)O)[C@@H](CCCNC(=N)N)CN[C@@H](CCCNC(=N)N)CN1. The summed E-state index contributed by atoms with van der Waals surface area (Å²) in [7, 11) is 0. The average molecular weight is 627 g/mol. The third-order valence-corrected chi connectivity index (χ3v) is 7.42. The molecule has 20 N–H and O–H groups in total. The minimum absolute atomic E-state index is 0.00604. The van der Waals surface area contributed by atoms with Gasteiger partial charge in [0.15, 0.2) is 23.8 Å². The van der Waals surface area contributed by atoms with Gasteiger partial charge in [-0.15, -0.1) is 0 Å². The first-order valence-electron chi connectivity index (χ1n) is 15.4. The second kappa shape index (κ2) is 22.9. The number of carboxylic acid groups (broad SMARTS) is 1. The molecule has 0 bridgehead atoms. The highest BCUT2D eigenvalue weighted by molar-refractivity contribution is 5.75. The summed E-state index contributed by atoms with van der Waals surface area (Å²) in [5.74, 6) is -1.18. The Morgan fingerprint density at radius 1 is 0.636 bits per heavy atom. The van der Waals surface area contributed by atoms with Crippen molar-refractivity contribution < 1.29 is 9.90 Å². The molecule has 1 aliphatic rings. The zero-order valence-corrected chi connectivity index (χ0v) is 25.9. The number of guanidine groups is 4. The van der Waals surface area contributed by atoms with Crippen LogP contribution in [0, 0.1) is 21.6 Å². The predicted octanol–water partition coefficient (Wildman–Crippen LogP) is -3.32. The highest BCUT2D eigenvalue weighted by Crippen LogP contribution is 2.12. The smallest absolute Gasteiger partial charge is 0.317 e. The third-order valence-electron chi connectivity index (χ3n) is 7.42. The van der Waals surface area contributed by atoms with E-state index in [0.29, 0.717) is 65.2 Å². The molecular weight excluding hydrogens is 568 g/mol. The lowest BCUT2D eigenvalue weighted by atomic mass is 10.0. The van der Waals surface area contributed by atoms with Crippen LogP contribution in [-0.2, 0) is 4.79 Å². The van der Waals surface area contributed by atoms with Gasteiger partial charge in [-0.3, -0.25) is 31.3 Å². The summed E-state index contributed by atoms with van der Waals surface area (Å²) < 4.78 is 0. The zero-order chi connectivity index (χ0) is 32.7. The molecule has 1 saturated heterocycles. The maximum Gasteiger partial charge on any atom is 0.317 e. The summed E-state index contributed by atoms with van der Waals surface area (Å²) in [6.45, 7) is 4.59. The molecule has 0 unspecified atom stereocenters. The van der Waals surface area contributed by atoms with E-state index in [-0.39, 0.29) is 54.6 Å². The maximum atomic E-state index is 12.0. The summed E-state index contributed by atoms with van der Waals surface area (Å²) in [5.41, 5.74) is 21.8. The van der Waals surface area contributed by atoms with Crippen LogP contribution >= 0.6 is 0 Å². The molecule has 0 saturated carbocycles. The molecule has 1 rings (SSSR count). The Morgan fingerprint density at radius 3 is 1.41 bits per heavy atom. The molecule has 1 fully saturated rings. The van der Waals surface area contributed by atoms with E-state index in [9.17, 15) is 9.90 Å². The fourth-order valence-electron chi connectivity index (χ4n) is 5.22. The first-order valence-corrected chi connectivity index (χ1v) is 15.4. The van der Waals surface area contributed by atoms with Crippen molar-refractivity contribution in [3.05, 3.63) is 0 Å². The van der Waals surface area contributed by atoms with Gasteiger partial charge in [-0.2, -0.15) is 0 Å². The Bertz CT molecular complexity index is 875. The molecule has 0 aromatic heterocycles. The van der Waals surface area contributed by atoms with Crippen LogP contribution in [0.4, 0.5) is 0 Å². The summed E-state index contributed by atoms with van der Waals surface area (Å²) in [6.07, 6.45) is 6.20. The number of hydrogen-bond donors (Lipinski definition) is 16. The van der Waals surface area contributed by atoms with Crippen LogP contribution in [0.15, 0.2) is 0 Å². The fraction of sp³-hybridized carbons (Fsp3) is 0.808. The minimum atomic E-state index is -0.898. The minimum Gasteiger partial charge on any atom is -0.480 e. The lowest BCUT2D eigenvalue weighted by molar-refractivity contribution is -0.139. The zero-order valence-electron chi connectivity index (χ0n) is 25.9. The molecule has 0 aliphatic carbocycles. The van der Waals surface area contributed by atoms with Crippen LogP contribution in [0.3, 0.4) is 0 Å². The first kappa shape index (κ1) is 38.4. The van der Waals surface area contributed by atoms with Gasteiger partial charge in [-0.1, -0.05) is 0 Å². The van der Waals surface area contributed by atoms with Crippen molar-refractivity contribution in [2.24, 2.45) is 22.9 Å². The van der Waals surface area contributed by atoms with Crippen molar-refractivity contribution in [1.82, 2.24) is 42.1 Å². The van der Waals surface area contributed by atoms with Crippen LogP contribution < -0.4 is 60.2 Å². The standard InChI is InChI=1S/C26H58N16O2/c27-23(28)35-9-1-5-18-14-40-20(7-3-11-37-25(31)32)16-42(17-22(43)44)21(8-4-12-38-26(33)34)15-41-19(13-39-18)6-2-10-36-24(29)30/h18-21,39-41H,1-17H2,(H,43,44)(H4,27,28,35)(H4,29,30,36)(H4,31,32,37)(H4,33,34,38)/t18-,19-,20-,21-/m0/s1. The second-order valence-corrected chi connectivity index (χ2v) is 11.2. The summed E-state index contributed by atoms with van der Waals surface area (Å²) in [6, 6.07) is 0.139. The van der Waals surface area contributed by atoms with E-state index in [1.807, 2.05) is 4.90 Å². The molecule has 18 heteroatoms. The molecule has 0 amide bonds. The number of rotatable bonds is 18. The second-order valence-electron chi connectivity index (χ2n) is 11.2. The van der Waals surface area contributed by atoms with Crippen molar-refractivity contribution in [2.75, 3.05) is 58.9 Å². The average Bonchev–Trinajstić information content (AvgIpc) is 2.93. The third kappa shape index (κ3) is 20.3. The van der Waals surface area contributed by atoms with Crippen LogP contribution in [0.25, 0.3) is 0 Å². The van der Waals surface area contributed by atoms with E-state index >= 15 is 0 Å². The Hall–Kier alpha value is -3.61. The molecular formula is C26H58N16O2. The van der Waals surface area contributed by atoms with E-state index in [1.54, 1.807) is 0 Å². The van der Waals surface area contributed by atoms with Gasteiger partial charge in [0, 0.05) is 76.5 Å². The van der Waals surface area contributed by atoms with E-state index in [2.05, 4.69) is 37.2 Å². The van der Waals surface area contributed by atoms with Gasteiger partial charge >= 0.3 is 5.97 Å². The molecule has 1 aliphatic heterocycles. The van der Waals surface area contributed by atoms with Gasteiger partial charge in [0.1, 0.15) is 0 Å². The Kier molecular flexibility index (Phi) is 20.0. The largest absolute Gasteiger partial charge is 0.480 e. The van der Waals surface area contributed by atoms with Crippen molar-refractivity contribution in [3.63, 3.8) is 0 Å². The van der Waals surface area contributed by atoms with Gasteiger partial charge < -0.3 is 65.3 Å². The topological polar surface area (TPSA) is 324 Å². The van der Waals surface area contributed by atoms with Crippen molar-refractivity contribution in [3.8, 4) is 0 Å².